The smallest absolute Gasteiger partial charge is 0.249 e. The SMILES string of the molecule is CNS(=O)(=O)c1ccc(NCc2ccccc2)c(-c2nnc(C)o2)c1. The molecule has 0 radical (unpaired) electrons. The van der Waals surface area contributed by atoms with Gasteiger partial charge in [-0.2, -0.15) is 0 Å². The zero-order valence-corrected chi connectivity index (χ0v) is 14.7. The lowest BCUT2D eigenvalue weighted by molar-refractivity contribution is 0.533. The van der Waals surface area contributed by atoms with E-state index in [2.05, 4.69) is 20.2 Å². The maximum Gasteiger partial charge on any atom is 0.249 e. The molecule has 3 aromatic rings. The van der Waals surface area contributed by atoms with Gasteiger partial charge in [0.15, 0.2) is 0 Å². The van der Waals surface area contributed by atoms with Crippen LogP contribution in [0.5, 0.6) is 0 Å². The second-order valence-corrected chi connectivity index (χ2v) is 7.27. The van der Waals surface area contributed by atoms with Crippen molar-refractivity contribution in [3.05, 3.63) is 60.0 Å². The van der Waals surface area contributed by atoms with Gasteiger partial charge in [-0.15, -0.1) is 10.2 Å². The van der Waals surface area contributed by atoms with Gasteiger partial charge < -0.3 is 9.73 Å². The van der Waals surface area contributed by atoms with Crippen molar-refractivity contribution in [2.24, 2.45) is 0 Å². The van der Waals surface area contributed by atoms with E-state index in [1.807, 2.05) is 30.3 Å². The summed E-state index contributed by atoms with van der Waals surface area (Å²) < 4.78 is 32.0. The average molecular weight is 358 g/mol. The molecular formula is C17H18N4O3S. The molecule has 0 amide bonds. The van der Waals surface area contributed by atoms with Crippen LogP contribution in [0.25, 0.3) is 11.5 Å². The lowest BCUT2D eigenvalue weighted by Gasteiger charge is -2.12. The van der Waals surface area contributed by atoms with E-state index in [1.165, 1.54) is 19.2 Å². The third-order valence-electron chi connectivity index (χ3n) is 3.65. The second kappa shape index (κ2) is 7.04. The molecule has 1 heterocycles. The molecule has 130 valence electrons. The topological polar surface area (TPSA) is 97.1 Å². The van der Waals surface area contributed by atoms with Gasteiger partial charge in [0.1, 0.15) is 0 Å². The van der Waals surface area contributed by atoms with E-state index in [4.69, 9.17) is 4.42 Å². The molecular weight excluding hydrogens is 340 g/mol. The molecule has 25 heavy (non-hydrogen) atoms. The number of hydrogen-bond donors (Lipinski definition) is 2. The van der Waals surface area contributed by atoms with Crippen LogP contribution in [0.3, 0.4) is 0 Å². The van der Waals surface area contributed by atoms with Gasteiger partial charge in [0, 0.05) is 19.2 Å². The van der Waals surface area contributed by atoms with Gasteiger partial charge in [-0.3, -0.25) is 0 Å². The maximum absolute atomic E-state index is 12.1. The van der Waals surface area contributed by atoms with Gasteiger partial charge in [-0.25, -0.2) is 13.1 Å². The Morgan fingerprint density at radius 1 is 1.08 bits per heavy atom. The molecule has 0 aliphatic rings. The fourth-order valence-electron chi connectivity index (χ4n) is 2.34. The Balaban J connectivity index is 1.99. The van der Waals surface area contributed by atoms with Crippen molar-refractivity contribution < 1.29 is 12.8 Å². The van der Waals surface area contributed by atoms with Gasteiger partial charge in [0.2, 0.25) is 21.8 Å². The van der Waals surface area contributed by atoms with E-state index in [1.54, 1.807) is 13.0 Å². The molecule has 7 nitrogen and oxygen atoms in total. The fraction of sp³-hybridized carbons (Fsp3) is 0.176. The number of nitrogens with zero attached hydrogens (tertiary/aromatic N) is 2. The van der Waals surface area contributed by atoms with Crippen LogP contribution in [-0.4, -0.2) is 25.7 Å². The van der Waals surface area contributed by atoms with Crippen LogP contribution in [0.2, 0.25) is 0 Å². The second-order valence-electron chi connectivity index (χ2n) is 5.38. The molecule has 0 aliphatic carbocycles. The van der Waals surface area contributed by atoms with Gasteiger partial charge in [0.05, 0.1) is 10.5 Å². The lowest BCUT2D eigenvalue weighted by Crippen LogP contribution is -2.18. The number of aryl methyl sites for hydroxylation is 1. The predicted molar refractivity (Wildman–Crippen MR) is 94.5 cm³/mol. The van der Waals surface area contributed by atoms with Crippen LogP contribution >= 0.6 is 0 Å². The fourth-order valence-corrected chi connectivity index (χ4v) is 3.09. The molecule has 0 unspecified atom stereocenters. The summed E-state index contributed by atoms with van der Waals surface area (Å²) in [5.74, 6) is 0.673. The van der Waals surface area contributed by atoms with Crippen molar-refractivity contribution in [2.45, 2.75) is 18.4 Å². The van der Waals surface area contributed by atoms with Crippen molar-refractivity contribution in [3.8, 4) is 11.5 Å². The predicted octanol–water partition coefficient (Wildman–Crippen LogP) is 2.57. The van der Waals surface area contributed by atoms with Gasteiger partial charge in [0.25, 0.3) is 0 Å². The van der Waals surface area contributed by atoms with Crippen molar-refractivity contribution in [2.75, 3.05) is 12.4 Å². The zero-order chi connectivity index (χ0) is 17.9. The highest BCUT2D eigenvalue weighted by atomic mass is 32.2. The number of hydrogen-bond acceptors (Lipinski definition) is 6. The van der Waals surface area contributed by atoms with Gasteiger partial charge in [-0.1, -0.05) is 30.3 Å². The number of benzene rings is 2. The summed E-state index contributed by atoms with van der Waals surface area (Å²) in [4.78, 5) is 0.131. The summed E-state index contributed by atoms with van der Waals surface area (Å²) >= 11 is 0. The third kappa shape index (κ3) is 3.86. The first-order chi connectivity index (χ1) is 12.0. The highest BCUT2D eigenvalue weighted by molar-refractivity contribution is 7.89. The monoisotopic (exact) mass is 358 g/mol. The minimum Gasteiger partial charge on any atom is -0.421 e. The minimum absolute atomic E-state index is 0.131. The maximum atomic E-state index is 12.1. The molecule has 0 bridgehead atoms. The van der Waals surface area contributed by atoms with Crippen LogP contribution in [0, 0.1) is 6.92 Å². The first-order valence-corrected chi connectivity index (χ1v) is 9.14. The molecule has 0 aliphatic heterocycles. The minimum atomic E-state index is -3.57. The zero-order valence-electron chi connectivity index (χ0n) is 13.9. The molecule has 8 heteroatoms. The summed E-state index contributed by atoms with van der Waals surface area (Å²) in [6, 6.07) is 14.6. The first-order valence-electron chi connectivity index (χ1n) is 7.65. The summed E-state index contributed by atoms with van der Waals surface area (Å²) in [5, 5.41) is 11.1. The summed E-state index contributed by atoms with van der Waals surface area (Å²) in [7, 11) is -2.20. The molecule has 0 saturated heterocycles. The standard InChI is InChI=1S/C17H18N4O3S/c1-12-20-21-17(24-12)15-10-14(25(22,23)18-2)8-9-16(15)19-11-13-6-4-3-5-7-13/h3-10,18-19H,11H2,1-2H3. The molecule has 0 fully saturated rings. The average Bonchev–Trinajstić information content (AvgIpc) is 3.07. The van der Waals surface area contributed by atoms with Crippen LogP contribution in [-0.2, 0) is 16.6 Å². The van der Waals surface area contributed by atoms with Crippen molar-refractivity contribution >= 4 is 15.7 Å². The Morgan fingerprint density at radius 2 is 1.84 bits per heavy atom. The number of aromatic nitrogens is 2. The van der Waals surface area contributed by atoms with E-state index in [0.717, 1.165) is 5.56 Å². The highest BCUT2D eigenvalue weighted by Gasteiger charge is 2.18. The third-order valence-corrected chi connectivity index (χ3v) is 5.06. The Labute approximate surface area is 146 Å². The summed E-state index contributed by atoms with van der Waals surface area (Å²) in [5.41, 5.74) is 2.34. The Bertz CT molecular complexity index is 969. The Kier molecular flexibility index (Phi) is 4.82. The van der Waals surface area contributed by atoms with E-state index in [9.17, 15) is 8.42 Å². The van der Waals surface area contributed by atoms with E-state index >= 15 is 0 Å². The lowest BCUT2D eigenvalue weighted by atomic mass is 10.1. The highest BCUT2D eigenvalue weighted by Crippen LogP contribution is 2.30. The molecule has 0 atom stereocenters. The normalized spacial score (nSPS) is 11.4. The quantitative estimate of drug-likeness (QED) is 0.703. The van der Waals surface area contributed by atoms with Gasteiger partial charge >= 0.3 is 0 Å². The summed E-state index contributed by atoms with van der Waals surface area (Å²) in [6.07, 6.45) is 0. The molecule has 2 N–H and O–H groups in total. The number of nitrogens with one attached hydrogen (secondary N) is 2. The van der Waals surface area contributed by atoms with E-state index in [-0.39, 0.29) is 10.8 Å². The first kappa shape index (κ1) is 17.1. The molecule has 2 aromatic carbocycles. The number of sulfonamides is 1. The Morgan fingerprint density at radius 3 is 2.48 bits per heavy atom. The molecule has 0 saturated carbocycles. The van der Waals surface area contributed by atoms with E-state index < -0.39 is 10.0 Å². The van der Waals surface area contributed by atoms with Crippen LogP contribution in [0.15, 0.2) is 57.8 Å². The van der Waals surface area contributed by atoms with Crippen LogP contribution in [0.1, 0.15) is 11.5 Å². The molecule has 3 rings (SSSR count). The Hall–Kier alpha value is -2.71. The van der Waals surface area contributed by atoms with Crippen molar-refractivity contribution in [3.63, 3.8) is 0 Å². The van der Waals surface area contributed by atoms with Crippen LogP contribution in [0.4, 0.5) is 5.69 Å². The van der Waals surface area contributed by atoms with E-state index in [0.29, 0.717) is 23.7 Å². The number of rotatable bonds is 6. The van der Waals surface area contributed by atoms with Crippen molar-refractivity contribution in [1.82, 2.24) is 14.9 Å². The van der Waals surface area contributed by atoms with Crippen molar-refractivity contribution in [1.29, 1.82) is 0 Å². The molecule has 1 aromatic heterocycles. The summed E-state index contributed by atoms with van der Waals surface area (Å²) in [6.45, 7) is 2.26. The largest absolute Gasteiger partial charge is 0.421 e. The van der Waals surface area contributed by atoms with Gasteiger partial charge in [-0.05, 0) is 30.8 Å². The number of anilines is 1. The van der Waals surface area contributed by atoms with Crippen LogP contribution < -0.4 is 10.0 Å². The molecule has 0 spiro atoms.